The molecule has 0 aliphatic carbocycles. The topological polar surface area (TPSA) is 47.6 Å². The van der Waals surface area contributed by atoms with E-state index in [1.54, 1.807) is 7.11 Å². The molecule has 1 fully saturated rings. The van der Waals surface area contributed by atoms with Gasteiger partial charge in [0.2, 0.25) is 5.91 Å². The molecule has 0 atom stereocenters. The lowest BCUT2D eigenvalue weighted by Gasteiger charge is -2.21. The highest BCUT2D eigenvalue weighted by atomic mass is 16.5. The highest BCUT2D eigenvalue weighted by Gasteiger charge is 2.16. The van der Waals surface area contributed by atoms with Crippen LogP contribution in [-0.2, 0) is 14.3 Å². The average molecular weight is 215 g/mol. The Kier molecular flexibility index (Phi) is 6.36. The van der Waals surface area contributed by atoms with Crippen LogP contribution < -0.4 is 5.32 Å². The number of nitrogens with one attached hydrogen (secondary N) is 1. The van der Waals surface area contributed by atoms with E-state index < -0.39 is 0 Å². The average Bonchev–Trinajstić information content (AvgIpc) is 2.26. The van der Waals surface area contributed by atoms with E-state index in [1.807, 2.05) is 0 Å². The van der Waals surface area contributed by atoms with Gasteiger partial charge in [0, 0.05) is 39.9 Å². The molecule has 1 heterocycles. The van der Waals surface area contributed by atoms with Crippen molar-refractivity contribution in [3.63, 3.8) is 0 Å². The normalized spacial score (nSPS) is 17.7. The summed E-state index contributed by atoms with van der Waals surface area (Å²) in [5, 5.41) is 2.91. The fourth-order valence-corrected chi connectivity index (χ4v) is 1.73. The third-order valence-corrected chi connectivity index (χ3v) is 2.66. The Morgan fingerprint density at radius 2 is 2.20 bits per heavy atom. The largest absolute Gasteiger partial charge is 0.385 e. The van der Waals surface area contributed by atoms with Crippen LogP contribution in [0.2, 0.25) is 0 Å². The van der Waals surface area contributed by atoms with Gasteiger partial charge < -0.3 is 14.8 Å². The molecule has 1 amide bonds. The zero-order valence-electron chi connectivity index (χ0n) is 9.46. The van der Waals surface area contributed by atoms with Crippen LogP contribution in [-0.4, -0.2) is 39.4 Å². The summed E-state index contributed by atoms with van der Waals surface area (Å²) in [6.45, 7) is 3.04. The molecule has 0 aromatic carbocycles. The minimum absolute atomic E-state index is 0.165. The van der Waals surface area contributed by atoms with Crippen molar-refractivity contribution >= 4 is 5.91 Å². The maximum Gasteiger partial charge on any atom is 0.220 e. The summed E-state index contributed by atoms with van der Waals surface area (Å²) in [5.74, 6) is 0.680. The molecule has 1 N–H and O–H groups in total. The van der Waals surface area contributed by atoms with E-state index in [1.165, 1.54) is 0 Å². The first kappa shape index (κ1) is 12.5. The summed E-state index contributed by atoms with van der Waals surface area (Å²) in [6.07, 6.45) is 3.57. The fourth-order valence-electron chi connectivity index (χ4n) is 1.73. The fraction of sp³-hybridized carbons (Fsp3) is 0.909. The van der Waals surface area contributed by atoms with Crippen LogP contribution in [0.4, 0.5) is 0 Å². The Bertz CT molecular complexity index is 179. The molecule has 4 nitrogen and oxygen atoms in total. The minimum Gasteiger partial charge on any atom is -0.385 e. The van der Waals surface area contributed by atoms with Gasteiger partial charge in [0.1, 0.15) is 0 Å². The zero-order valence-corrected chi connectivity index (χ0v) is 9.46. The second-order valence-electron chi connectivity index (χ2n) is 3.96. The maximum atomic E-state index is 11.5. The molecule has 1 aliphatic rings. The second kappa shape index (κ2) is 7.65. The van der Waals surface area contributed by atoms with Gasteiger partial charge in [-0.25, -0.2) is 0 Å². The molecule has 0 bridgehead atoms. The van der Waals surface area contributed by atoms with Crippen LogP contribution in [0.15, 0.2) is 0 Å². The molecule has 0 aromatic rings. The number of hydrogen-bond acceptors (Lipinski definition) is 3. The van der Waals surface area contributed by atoms with Gasteiger partial charge in [-0.1, -0.05) is 0 Å². The molecule has 1 aliphatic heterocycles. The van der Waals surface area contributed by atoms with Crippen molar-refractivity contribution in [2.24, 2.45) is 5.92 Å². The molecule has 0 aromatic heterocycles. The number of carbonyl (C=O) groups is 1. The van der Waals surface area contributed by atoms with Gasteiger partial charge in [0.15, 0.2) is 0 Å². The highest BCUT2D eigenvalue weighted by molar-refractivity contribution is 5.76. The summed E-state index contributed by atoms with van der Waals surface area (Å²) in [4.78, 5) is 11.5. The Hall–Kier alpha value is -0.610. The monoisotopic (exact) mass is 215 g/mol. The van der Waals surface area contributed by atoms with Crippen molar-refractivity contribution < 1.29 is 14.3 Å². The third kappa shape index (κ3) is 5.74. The number of rotatable bonds is 6. The Labute approximate surface area is 91.3 Å². The van der Waals surface area contributed by atoms with E-state index >= 15 is 0 Å². The van der Waals surface area contributed by atoms with Crippen LogP contribution in [0.5, 0.6) is 0 Å². The van der Waals surface area contributed by atoms with Crippen LogP contribution in [0.25, 0.3) is 0 Å². The lowest BCUT2D eigenvalue weighted by molar-refractivity contribution is -0.122. The number of ether oxygens (including phenoxy) is 2. The van der Waals surface area contributed by atoms with Gasteiger partial charge in [-0.2, -0.15) is 0 Å². The molecule has 15 heavy (non-hydrogen) atoms. The molecular formula is C11H21NO3. The standard InChI is InChI=1S/C11H21NO3/c1-14-6-2-5-12-11(13)9-10-3-7-15-8-4-10/h10H,2-9H2,1H3,(H,12,13). The lowest BCUT2D eigenvalue weighted by Crippen LogP contribution is -2.29. The Morgan fingerprint density at radius 3 is 2.87 bits per heavy atom. The molecule has 0 unspecified atom stereocenters. The van der Waals surface area contributed by atoms with E-state index in [0.29, 0.717) is 18.9 Å². The van der Waals surface area contributed by atoms with Crippen LogP contribution >= 0.6 is 0 Å². The van der Waals surface area contributed by atoms with Crippen molar-refractivity contribution in [1.29, 1.82) is 0 Å². The van der Waals surface area contributed by atoms with Gasteiger partial charge in [0.05, 0.1) is 0 Å². The molecule has 4 heteroatoms. The Morgan fingerprint density at radius 1 is 1.47 bits per heavy atom. The van der Waals surface area contributed by atoms with Gasteiger partial charge in [0.25, 0.3) is 0 Å². The lowest BCUT2D eigenvalue weighted by atomic mass is 9.96. The predicted molar refractivity (Wildman–Crippen MR) is 57.7 cm³/mol. The third-order valence-electron chi connectivity index (χ3n) is 2.66. The quantitative estimate of drug-likeness (QED) is 0.671. The number of methoxy groups -OCH3 is 1. The summed E-state index contributed by atoms with van der Waals surface area (Å²) in [7, 11) is 1.67. The molecule has 0 saturated carbocycles. The molecule has 88 valence electrons. The molecule has 0 spiro atoms. The summed E-state index contributed by atoms with van der Waals surface area (Å²) >= 11 is 0. The van der Waals surface area contributed by atoms with Crippen LogP contribution in [0.3, 0.4) is 0 Å². The molecule has 1 rings (SSSR count). The number of amides is 1. The van der Waals surface area contributed by atoms with Crippen molar-refractivity contribution in [3.05, 3.63) is 0 Å². The van der Waals surface area contributed by atoms with E-state index in [4.69, 9.17) is 9.47 Å². The first-order valence-corrected chi connectivity index (χ1v) is 5.66. The minimum atomic E-state index is 0.165. The Balaban J connectivity index is 2.01. The number of hydrogen-bond donors (Lipinski definition) is 1. The van der Waals surface area contributed by atoms with Crippen LogP contribution in [0.1, 0.15) is 25.7 Å². The highest BCUT2D eigenvalue weighted by Crippen LogP contribution is 2.17. The first-order valence-electron chi connectivity index (χ1n) is 5.66. The summed E-state index contributed by atoms with van der Waals surface area (Å²) < 4.78 is 10.2. The van der Waals surface area contributed by atoms with Crippen molar-refractivity contribution in [2.45, 2.75) is 25.7 Å². The number of carbonyl (C=O) groups excluding carboxylic acids is 1. The second-order valence-corrected chi connectivity index (χ2v) is 3.96. The van der Waals surface area contributed by atoms with E-state index in [0.717, 1.165) is 39.0 Å². The molecule has 0 radical (unpaired) electrons. The SMILES string of the molecule is COCCCNC(=O)CC1CCOCC1. The van der Waals surface area contributed by atoms with Crippen molar-refractivity contribution in [1.82, 2.24) is 5.32 Å². The van der Waals surface area contributed by atoms with Gasteiger partial charge in [-0.15, -0.1) is 0 Å². The molecular weight excluding hydrogens is 194 g/mol. The van der Waals surface area contributed by atoms with Gasteiger partial charge in [-0.05, 0) is 25.2 Å². The summed E-state index contributed by atoms with van der Waals surface area (Å²) in [5.41, 5.74) is 0. The van der Waals surface area contributed by atoms with Crippen molar-refractivity contribution in [3.8, 4) is 0 Å². The van der Waals surface area contributed by atoms with E-state index in [2.05, 4.69) is 5.32 Å². The van der Waals surface area contributed by atoms with Crippen molar-refractivity contribution in [2.75, 3.05) is 33.5 Å². The van der Waals surface area contributed by atoms with E-state index in [-0.39, 0.29) is 5.91 Å². The zero-order chi connectivity index (χ0) is 10.9. The van der Waals surface area contributed by atoms with Gasteiger partial charge in [-0.3, -0.25) is 4.79 Å². The van der Waals surface area contributed by atoms with Crippen LogP contribution in [0, 0.1) is 5.92 Å². The predicted octanol–water partition coefficient (Wildman–Crippen LogP) is 0.956. The summed E-state index contributed by atoms with van der Waals surface area (Å²) in [6, 6.07) is 0. The molecule has 1 saturated heterocycles. The van der Waals surface area contributed by atoms with E-state index in [9.17, 15) is 4.79 Å². The first-order chi connectivity index (χ1) is 7.33. The maximum absolute atomic E-state index is 11.5. The van der Waals surface area contributed by atoms with Gasteiger partial charge >= 0.3 is 0 Å². The smallest absolute Gasteiger partial charge is 0.220 e.